The van der Waals surface area contributed by atoms with Crippen molar-refractivity contribution in [2.75, 3.05) is 6.54 Å². The first-order valence-electron chi connectivity index (χ1n) is 5.91. The van der Waals surface area contributed by atoms with Crippen LogP contribution >= 0.6 is 0 Å². The number of β-amino-alcohol motifs (C(OH)–C–C–N with tert-alkyl or cyclic N) is 1. The van der Waals surface area contributed by atoms with Crippen molar-refractivity contribution in [3.05, 3.63) is 0 Å². The zero-order valence-corrected chi connectivity index (χ0v) is 10.1. The fourth-order valence-electron chi connectivity index (χ4n) is 1.84. The van der Waals surface area contributed by atoms with Crippen LogP contribution in [-0.4, -0.2) is 22.8 Å². The molecule has 2 heteroatoms. The van der Waals surface area contributed by atoms with Gasteiger partial charge in [-0.15, -0.1) is 0 Å². The minimum atomic E-state index is -0.508. The molecule has 84 valence electrons. The summed E-state index contributed by atoms with van der Waals surface area (Å²) in [6, 6.07) is 0. The maximum Gasteiger partial charge on any atom is 0.0766 e. The van der Waals surface area contributed by atoms with E-state index in [1.807, 2.05) is 0 Å². The summed E-state index contributed by atoms with van der Waals surface area (Å²) in [4.78, 5) is 0. The van der Waals surface area contributed by atoms with E-state index in [2.05, 4.69) is 33.0 Å². The molecule has 1 fully saturated rings. The molecule has 0 amide bonds. The van der Waals surface area contributed by atoms with E-state index in [0.717, 1.165) is 25.3 Å². The highest BCUT2D eigenvalue weighted by Crippen LogP contribution is 2.39. The highest BCUT2D eigenvalue weighted by atomic mass is 16.3. The van der Waals surface area contributed by atoms with Crippen LogP contribution in [0.5, 0.6) is 0 Å². The van der Waals surface area contributed by atoms with Crippen molar-refractivity contribution in [2.45, 2.75) is 64.5 Å². The molecular formula is C12H25NO. The van der Waals surface area contributed by atoms with Gasteiger partial charge in [-0.25, -0.2) is 0 Å². The van der Waals surface area contributed by atoms with Crippen molar-refractivity contribution in [3.8, 4) is 0 Å². The van der Waals surface area contributed by atoms with E-state index in [1.54, 1.807) is 0 Å². The van der Waals surface area contributed by atoms with E-state index in [-0.39, 0.29) is 5.54 Å². The minimum absolute atomic E-state index is 0.207. The lowest BCUT2D eigenvalue weighted by molar-refractivity contribution is 0.0246. The molecule has 1 aliphatic rings. The molecule has 1 saturated carbocycles. The van der Waals surface area contributed by atoms with Gasteiger partial charge in [0, 0.05) is 12.1 Å². The fraction of sp³-hybridized carbons (Fsp3) is 1.00. The van der Waals surface area contributed by atoms with Crippen LogP contribution in [0.25, 0.3) is 0 Å². The predicted molar refractivity (Wildman–Crippen MR) is 60.3 cm³/mol. The number of hydrogen-bond donors (Lipinski definition) is 2. The predicted octanol–water partition coefficient (Wildman–Crippen LogP) is 2.32. The van der Waals surface area contributed by atoms with Crippen LogP contribution in [0.2, 0.25) is 0 Å². The van der Waals surface area contributed by atoms with Gasteiger partial charge < -0.3 is 10.4 Å². The summed E-state index contributed by atoms with van der Waals surface area (Å²) in [6.45, 7) is 9.32. The third-order valence-electron chi connectivity index (χ3n) is 3.79. The lowest BCUT2D eigenvalue weighted by atomic mass is 9.93. The topological polar surface area (TPSA) is 32.3 Å². The maximum absolute atomic E-state index is 10.1. The molecule has 0 aromatic rings. The van der Waals surface area contributed by atoms with Gasteiger partial charge in [-0.3, -0.25) is 0 Å². The Labute approximate surface area is 88.1 Å². The Kier molecular flexibility index (Phi) is 3.59. The van der Waals surface area contributed by atoms with Crippen LogP contribution in [-0.2, 0) is 0 Å². The van der Waals surface area contributed by atoms with Crippen molar-refractivity contribution >= 4 is 0 Å². The third kappa shape index (κ3) is 2.96. The zero-order chi connectivity index (χ0) is 10.8. The van der Waals surface area contributed by atoms with Gasteiger partial charge in [0.2, 0.25) is 0 Å². The van der Waals surface area contributed by atoms with Gasteiger partial charge in [-0.2, -0.15) is 0 Å². The van der Waals surface area contributed by atoms with Gasteiger partial charge in [0.15, 0.2) is 0 Å². The van der Waals surface area contributed by atoms with E-state index < -0.39 is 5.60 Å². The molecule has 1 rings (SSSR count). The van der Waals surface area contributed by atoms with Gasteiger partial charge in [0.25, 0.3) is 0 Å². The summed E-state index contributed by atoms with van der Waals surface area (Å²) < 4.78 is 0. The summed E-state index contributed by atoms with van der Waals surface area (Å²) >= 11 is 0. The van der Waals surface area contributed by atoms with Crippen LogP contribution in [0.15, 0.2) is 0 Å². The minimum Gasteiger partial charge on any atom is -0.389 e. The van der Waals surface area contributed by atoms with Crippen LogP contribution < -0.4 is 5.32 Å². The molecule has 0 bridgehead atoms. The van der Waals surface area contributed by atoms with E-state index in [9.17, 15) is 5.11 Å². The Balaban J connectivity index is 2.37. The van der Waals surface area contributed by atoms with E-state index in [0.29, 0.717) is 0 Å². The van der Waals surface area contributed by atoms with Crippen molar-refractivity contribution in [1.82, 2.24) is 5.32 Å². The number of aliphatic hydroxyl groups is 1. The molecular weight excluding hydrogens is 174 g/mol. The average Bonchev–Trinajstić information content (AvgIpc) is 2.98. The average molecular weight is 199 g/mol. The second-order valence-electron chi connectivity index (χ2n) is 5.28. The molecule has 0 radical (unpaired) electrons. The van der Waals surface area contributed by atoms with Crippen LogP contribution in [0.4, 0.5) is 0 Å². The van der Waals surface area contributed by atoms with E-state index in [1.165, 1.54) is 12.8 Å². The maximum atomic E-state index is 10.1. The Morgan fingerprint density at radius 3 is 2.07 bits per heavy atom. The van der Waals surface area contributed by atoms with Gasteiger partial charge in [0.1, 0.15) is 0 Å². The SMILES string of the molecule is CCC(O)(CC)CNC(C)(C)C1CC1. The van der Waals surface area contributed by atoms with E-state index >= 15 is 0 Å². The molecule has 2 nitrogen and oxygen atoms in total. The fourth-order valence-corrected chi connectivity index (χ4v) is 1.84. The highest BCUT2D eigenvalue weighted by Gasteiger charge is 2.38. The Morgan fingerprint density at radius 1 is 1.21 bits per heavy atom. The van der Waals surface area contributed by atoms with Gasteiger partial charge in [0.05, 0.1) is 5.60 Å². The quantitative estimate of drug-likeness (QED) is 0.688. The smallest absolute Gasteiger partial charge is 0.0766 e. The molecule has 0 aromatic carbocycles. The summed E-state index contributed by atoms with van der Waals surface area (Å²) in [6.07, 6.45) is 4.35. The zero-order valence-electron chi connectivity index (χ0n) is 10.1. The molecule has 2 N–H and O–H groups in total. The lowest BCUT2D eigenvalue weighted by Gasteiger charge is -2.33. The monoisotopic (exact) mass is 199 g/mol. The molecule has 0 aromatic heterocycles. The molecule has 0 atom stereocenters. The first-order chi connectivity index (χ1) is 6.43. The van der Waals surface area contributed by atoms with Crippen molar-refractivity contribution in [1.29, 1.82) is 0 Å². The molecule has 14 heavy (non-hydrogen) atoms. The summed E-state index contributed by atoms with van der Waals surface area (Å²) in [5.41, 5.74) is -0.301. The molecule has 1 aliphatic carbocycles. The van der Waals surface area contributed by atoms with Crippen LogP contribution in [0.1, 0.15) is 53.4 Å². The second kappa shape index (κ2) is 4.19. The largest absolute Gasteiger partial charge is 0.389 e. The standard InChI is InChI=1S/C12H25NO/c1-5-12(14,6-2)9-13-11(3,4)10-7-8-10/h10,13-14H,5-9H2,1-4H3. The van der Waals surface area contributed by atoms with E-state index in [4.69, 9.17) is 0 Å². The first-order valence-corrected chi connectivity index (χ1v) is 5.91. The van der Waals surface area contributed by atoms with Crippen molar-refractivity contribution in [2.24, 2.45) is 5.92 Å². The number of nitrogens with one attached hydrogen (secondary N) is 1. The van der Waals surface area contributed by atoms with Crippen molar-refractivity contribution in [3.63, 3.8) is 0 Å². The van der Waals surface area contributed by atoms with Gasteiger partial charge in [-0.1, -0.05) is 13.8 Å². The van der Waals surface area contributed by atoms with Gasteiger partial charge >= 0.3 is 0 Å². The van der Waals surface area contributed by atoms with Crippen LogP contribution in [0.3, 0.4) is 0 Å². The van der Waals surface area contributed by atoms with Gasteiger partial charge in [-0.05, 0) is 45.4 Å². The Hall–Kier alpha value is -0.0800. The molecule has 0 aliphatic heterocycles. The highest BCUT2D eigenvalue weighted by molar-refractivity contribution is 4.96. The Bertz CT molecular complexity index is 176. The summed E-state index contributed by atoms with van der Waals surface area (Å²) in [7, 11) is 0. The number of rotatable bonds is 6. The molecule has 0 saturated heterocycles. The third-order valence-corrected chi connectivity index (χ3v) is 3.79. The first kappa shape index (κ1) is 12.0. The molecule has 0 spiro atoms. The molecule has 0 heterocycles. The lowest BCUT2D eigenvalue weighted by Crippen LogP contribution is -2.49. The number of hydrogen-bond acceptors (Lipinski definition) is 2. The Morgan fingerprint density at radius 2 is 1.71 bits per heavy atom. The normalized spacial score (nSPS) is 18.6. The summed E-state index contributed by atoms with van der Waals surface area (Å²) in [5, 5.41) is 13.6. The second-order valence-corrected chi connectivity index (χ2v) is 5.28. The van der Waals surface area contributed by atoms with Crippen molar-refractivity contribution < 1.29 is 5.11 Å². The summed E-state index contributed by atoms with van der Waals surface area (Å²) in [5.74, 6) is 0.820. The molecule has 0 unspecified atom stereocenters. The van der Waals surface area contributed by atoms with Crippen LogP contribution in [0, 0.1) is 5.92 Å².